The number of aliphatic hydroxyl groups excluding tert-OH is 2. The molecule has 0 fully saturated rings. The summed E-state index contributed by atoms with van der Waals surface area (Å²) in [7, 11) is 0. The van der Waals surface area contributed by atoms with Crippen molar-refractivity contribution in [2.45, 2.75) is 289 Å². The summed E-state index contributed by atoms with van der Waals surface area (Å²) in [5, 5.41) is 23.7. The van der Waals surface area contributed by atoms with Crippen molar-refractivity contribution in [3.63, 3.8) is 0 Å². The molecule has 0 saturated carbocycles. The highest BCUT2D eigenvalue weighted by molar-refractivity contribution is 5.77. The molecule has 0 aliphatic rings. The molecule has 3 atom stereocenters. The van der Waals surface area contributed by atoms with E-state index in [0.29, 0.717) is 19.3 Å². The van der Waals surface area contributed by atoms with E-state index in [1.165, 1.54) is 141 Å². The normalized spacial score (nSPS) is 13.5. The third-order valence-corrected chi connectivity index (χ3v) is 12.0. The first kappa shape index (κ1) is 58.1. The van der Waals surface area contributed by atoms with Crippen molar-refractivity contribution in [3.8, 4) is 0 Å². The number of aliphatic hydroxyl groups is 2. The van der Waals surface area contributed by atoms with Gasteiger partial charge in [-0.3, -0.25) is 9.59 Å². The molecule has 0 aliphatic heterocycles. The van der Waals surface area contributed by atoms with Crippen molar-refractivity contribution >= 4 is 11.9 Å². The van der Waals surface area contributed by atoms with Gasteiger partial charge in [0.05, 0.1) is 25.2 Å². The highest BCUT2D eigenvalue weighted by Crippen LogP contribution is 2.18. The molecule has 0 aromatic carbocycles. The van der Waals surface area contributed by atoms with Crippen LogP contribution in [-0.4, -0.2) is 46.9 Å². The van der Waals surface area contributed by atoms with Gasteiger partial charge in [-0.1, -0.05) is 224 Å². The lowest BCUT2D eigenvalue weighted by atomic mass is 10.0. The molecule has 60 heavy (non-hydrogen) atoms. The average molecular weight is 844 g/mol. The van der Waals surface area contributed by atoms with Crippen molar-refractivity contribution < 1.29 is 24.5 Å². The zero-order chi connectivity index (χ0) is 43.8. The highest BCUT2D eigenvalue weighted by Gasteiger charge is 2.24. The van der Waals surface area contributed by atoms with Crippen molar-refractivity contribution in [2.75, 3.05) is 6.61 Å². The molecule has 0 bridgehead atoms. The number of allylic oxidation sites excluding steroid dienone is 6. The second kappa shape index (κ2) is 48.1. The van der Waals surface area contributed by atoms with Gasteiger partial charge in [-0.2, -0.15) is 0 Å². The molecule has 0 radical (unpaired) electrons. The van der Waals surface area contributed by atoms with Crippen LogP contribution in [0.25, 0.3) is 0 Å². The smallest absolute Gasteiger partial charge is 0.306 e. The minimum Gasteiger partial charge on any atom is -0.462 e. The number of esters is 1. The van der Waals surface area contributed by atoms with Crippen LogP contribution in [0.3, 0.4) is 0 Å². The molecule has 0 aromatic heterocycles. The summed E-state index contributed by atoms with van der Waals surface area (Å²) in [4.78, 5) is 26.1. The van der Waals surface area contributed by atoms with Gasteiger partial charge in [-0.25, -0.2) is 0 Å². The Kier molecular flexibility index (Phi) is 46.6. The molecule has 0 heterocycles. The highest BCUT2D eigenvalue weighted by atomic mass is 16.5. The molecular weight excluding hydrogens is 743 g/mol. The van der Waals surface area contributed by atoms with E-state index in [0.717, 1.165) is 83.5 Å². The van der Waals surface area contributed by atoms with Crippen LogP contribution >= 0.6 is 0 Å². The van der Waals surface area contributed by atoms with Gasteiger partial charge in [-0.05, 0) is 70.6 Å². The largest absolute Gasteiger partial charge is 0.462 e. The van der Waals surface area contributed by atoms with Gasteiger partial charge >= 0.3 is 5.97 Å². The fraction of sp³-hybridized carbons (Fsp3) is 0.852. The molecule has 0 saturated heterocycles. The first-order valence-corrected chi connectivity index (χ1v) is 26.2. The van der Waals surface area contributed by atoms with E-state index in [1.807, 2.05) is 0 Å². The number of unbranched alkanes of at least 4 members (excludes halogenated alkanes) is 30. The zero-order valence-electron chi connectivity index (χ0n) is 40.1. The van der Waals surface area contributed by atoms with Crippen molar-refractivity contribution in [1.29, 1.82) is 0 Å². The van der Waals surface area contributed by atoms with E-state index in [1.54, 1.807) is 0 Å². The molecule has 0 aliphatic carbocycles. The number of ether oxygens (including phenoxy) is 1. The Balaban J connectivity index is 4.46. The van der Waals surface area contributed by atoms with Crippen LogP contribution in [0.5, 0.6) is 0 Å². The molecule has 1 amide bonds. The van der Waals surface area contributed by atoms with Gasteiger partial charge in [-0.15, -0.1) is 0 Å². The number of hydrogen-bond donors (Lipinski definition) is 3. The Morgan fingerprint density at radius 2 is 0.867 bits per heavy atom. The SMILES string of the molecule is CCCC/C=C\CCCCCC(CC(=O)NC(CO)C(O)CCCCCCCCCCCCCCCC)OC(=O)CCCCCCC/C=C/C=C/CCCCCCCCC. The van der Waals surface area contributed by atoms with E-state index in [9.17, 15) is 19.8 Å². The molecular formula is C54H101NO5. The lowest BCUT2D eigenvalue weighted by Gasteiger charge is -2.24. The van der Waals surface area contributed by atoms with E-state index < -0.39 is 18.2 Å². The predicted octanol–water partition coefficient (Wildman–Crippen LogP) is 15.7. The van der Waals surface area contributed by atoms with Crippen LogP contribution < -0.4 is 5.32 Å². The van der Waals surface area contributed by atoms with Crippen molar-refractivity contribution in [2.24, 2.45) is 0 Å². The maximum absolute atomic E-state index is 13.2. The number of nitrogens with one attached hydrogen (secondary N) is 1. The summed E-state index contributed by atoms with van der Waals surface area (Å²) in [6, 6.07) is -0.706. The Labute approximate surface area is 373 Å². The first-order chi connectivity index (χ1) is 29.5. The van der Waals surface area contributed by atoms with Crippen LogP contribution in [0.4, 0.5) is 0 Å². The summed E-state index contributed by atoms with van der Waals surface area (Å²) in [6.45, 7) is 6.44. The summed E-state index contributed by atoms with van der Waals surface area (Å²) in [6.07, 6.45) is 56.4. The van der Waals surface area contributed by atoms with Crippen LogP contribution in [0.2, 0.25) is 0 Å². The summed E-state index contributed by atoms with van der Waals surface area (Å²) in [5.74, 6) is -0.502. The van der Waals surface area contributed by atoms with Crippen LogP contribution in [-0.2, 0) is 14.3 Å². The number of amides is 1. The molecule has 0 spiro atoms. The second-order valence-electron chi connectivity index (χ2n) is 17.9. The van der Waals surface area contributed by atoms with Gasteiger partial charge in [0, 0.05) is 6.42 Å². The topological polar surface area (TPSA) is 95.9 Å². The lowest BCUT2D eigenvalue weighted by molar-refractivity contribution is -0.151. The lowest BCUT2D eigenvalue weighted by Crippen LogP contribution is -2.46. The standard InChI is InChI=1S/C54H101NO5/c1-4-7-10-13-16-19-21-23-25-26-27-28-30-32-35-38-41-44-47-54(59)60-50(45-42-39-36-33-18-15-12-9-6-3)48-53(58)55-51(49-56)52(57)46-43-40-37-34-31-29-24-22-20-17-14-11-8-5-2/h15,18,25-28,50-52,56-57H,4-14,16-17,19-24,29-49H2,1-3H3,(H,55,58)/b18-15-,26-25+,28-27+. The average Bonchev–Trinajstić information content (AvgIpc) is 3.24. The number of carbonyl (C=O) groups excluding carboxylic acids is 2. The van der Waals surface area contributed by atoms with Gasteiger partial charge in [0.2, 0.25) is 5.91 Å². The van der Waals surface area contributed by atoms with Gasteiger partial charge in [0.1, 0.15) is 6.10 Å². The van der Waals surface area contributed by atoms with Crippen LogP contribution in [0, 0.1) is 0 Å². The van der Waals surface area contributed by atoms with E-state index >= 15 is 0 Å². The van der Waals surface area contributed by atoms with Crippen LogP contribution in [0.1, 0.15) is 271 Å². The minimum absolute atomic E-state index is 0.0621. The van der Waals surface area contributed by atoms with E-state index in [4.69, 9.17) is 4.74 Å². The van der Waals surface area contributed by atoms with Crippen LogP contribution in [0.15, 0.2) is 36.5 Å². The predicted molar refractivity (Wildman–Crippen MR) is 259 cm³/mol. The number of hydrogen-bond acceptors (Lipinski definition) is 5. The van der Waals surface area contributed by atoms with Crippen molar-refractivity contribution in [3.05, 3.63) is 36.5 Å². The molecule has 352 valence electrons. The van der Waals surface area contributed by atoms with Gasteiger partial charge < -0.3 is 20.3 Å². The number of carbonyl (C=O) groups is 2. The quantitative estimate of drug-likeness (QED) is 0.0245. The molecule has 3 N–H and O–H groups in total. The summed E-state index contributed by atoms with van der Waals surface area (Å²) >= 11 is 0. The Morgan fingerprint density at radius 3 is 1.35 bits per heavy atom. The molecule has 0 rings (SSSR count). The van der Waals surface area contributed by atoms with Crippen molar-refractivity contribution in [1.82, 2.24) is 5.32 Å². The Bertz CT molecular complexity index is 993. The maximum Gasteiger partial charge on any atom is 0.306 e. The Hall–Kier alpha value is -1.92. The molecule has 0 aromatic rings. The molecule has 3 unspecified atom stereocenters. The van der Waals surface area contributed by atoms with Gasteiger partial charge in [0.15, 0.2) is 0 Å². The van der Waals surface area contributed by atoms with E-state index in [-0.39, 0.29) is 24.9 Å². The third kappa shape index (κ3) is 42.8. The number of rotatable bonds is 47. The zero-order valence-corrected chi connectivity index (χ0v) is 40.1. The summed E-state index contributed by atoms with van der Waals surface area (Å²) in [5.41, 5.74) is 0. The maximum atomic E-state index is 13.2. The second-order valence-corrected chi connectivity index (χ2v) is 17.9. The third-order valence-electron chi connectivity index (χ3n) is 12.0. The summed E-state index contributed by atoms with van der Waals surface area (Å²) < 4.78 is 5.90. The fourth-order valence-electron chi connectivity index (χ4n) is 7.93. The molecule has 6 nitrogen and oxygen atoms in total. The van der Waals surface area contributed by atoms with E-state index in [2.05, 4.69) is 62.5 Å². The molecule has 6 heteroatoms. The Morgan fingerprint density at radius 1 is 0.483 bits per heavy atom. The van der Waals surface area contributed by atoms with Gasteiger partial charge in [0.25, 0.3) is 0 Å². The first-order valence-electron chi connectivity index (χ1n) is 26.2. The minimum atomic E-state index is -0.792. The fourth-order valence-corrected chi connectivity index (χ4v) is 7.93. The monoisotopic (exact) mass is 844 g/mol.